The summed E-state index contributed by atoms with van der Waals surface area (Å²) in [5, 5.41) is 8.56. The van der Waals surface area contributed by atoms with E-state index in [1.54, 1.807) is 0 Å². The molecule has 0 unspecified atom stereocenters. The fourth-order valence-electron chi connectivity index (χ4n) is 1.87. The van der Waals surface area contributed by atoms with Crippen molar-refractivity contribution in [2.45, 2.75) is 19.0 Å². The molecular formula is C13H17N3O2. The number of rotatable bonds is 4. The van der Waals surface area contributed by atoms with Crippen LogP contribution in [0.3, 0.4) is 0 Å². The summed E-state index contributed by atoms with van der Waals surface area (Å²) in [5.41, 5.74) is 1.05. The monoisotopic (exact) mass is 247 g/mol. The van der Waals surface area contributed by atoms with Gasteiger partial charge in [-0.1, -0.05) is 30.3 Å². The number of hydrogen-bond donors (Lipinski definition) is 3. The maximum atomic E-state index is 11.7. The molecule has 1 aliphatic rings. The van der Waals surface area contributed by atoms with E-state index < -0.39 is 6.04 Å². The summed E-state index contributed by atoms with van der Waals surface area (Å²) in [5.74, 6) is -0.218. The molecule has 2 rings (SSSR count). The molecule has 0 bridgehead atoms. The van der Waals surface area contributed by atoms with Gasteiger partial charge in [0.2, 0.25) is 11.8 Å². The van der Waals surface area contributed by atoms with Gasteiger partial charge in [0.15, 0.2) is 0 Å². The minimum Gasteiger partial charge on any atom is -0.353 e. The van der Waals surface area contributed by atoms with Gasteiger partial charge in [0.05, 0.1) is 12.5 Å². The van der Waals surface area contributed by atoms with E-state index >= 15 is 0 Å². The van der Waals surface area contributed by atoms with Gasteiger partial charge in [-0.05, 0) is 5.56 Å². The topological polar surface area (TPSA) is 70.2 Å². The molecule has 2 amide bonds. The summed E-state index contributed by atoms with van der Waals surface area (Å²) in [6.45, 7) is 1.83. The first kappa shape index (κ1) is 12.6. The van der Waals surface area contributed by atoms with Gasteiger partial charge in [-0.2, -0.15) is 0 Å². The van der Waals surface area contributed by atoms with Crippen LogP contribution in [0, 0.1) is 0 Å². The van der Waals surface area contributed by atoms with E-state index in [0.29, 0.717) is 19.6 Å². The highest BCUT2D eigenvalue weighted by Gasteiger charge is 2.23. The van der Waals surface area contributed by atoms with Gasteiger partial charge in [-0.25, -0.2) is 0 Å². The molecule has 96 valence electrons. The van der Waals surface area contributed by atoms with Gasteiger partial charge in [-0.3, -0.25) is 9.59 Å². The predicted molar refractivity (Wildman–Crippen MR) is 67.7 cm³/mol. The molecule has 3 N–H and O–H groups in total. The van der Waals surface area contributed by atoms with Crippen LogP contribution in [-0.4, -0.2) is 30.9 Å². The van der Waals surface area contributed by atoms with Gasteiger partial charge in [0.25, 0.3) is 0 Å². The van der Waals surface area contributed by atoms with Crippen LogP contribution in [0.1, 0.15) is 12.0 Å². The van der Waals surface area contributed by atoms with Crippen LogP contribution >= 0.6 is 0 Å². The molecule has 5 heteroatoms. The highest BCUT2D eigenvalue weighted by molar-refractivity contribution is 5.88. The van der Waals surface area contributed by atoms with Gasteiger partial charge in [-0.15, -0.1) is 0 Å². The number of piperazine rings is 1. The van der Waals surface area contributed by atoms with Crippen molar-refractivity contribution in [1.82, 2.24) is 16.0 Å². The Morgan fingerprint density at radius 1 is 1.28 bits per heavy atom. The maximum Gasteiger partial charge on any atom is 0.237 e. The van der Waals surface area contributed by atoms with Crippen LogP contribution in [0.4, 0.5) is 0 Å². The van der Waals surface area contributed by atoms with Crippen LogP contribution < -0.4 is 16.0 Å². The first-order valence-electron chi connectivity index (χ1n) is 6.07. The van der Waals surface area contributed by atoms with Crippen LogP contribution in [0.15, 0.2) is 30.3 Å². The summed E-state index contributed by atoms with van der Waals surface area (Å²) >= 11 is 0. The predicted octanol–water partition coefficient (Wildman–Crippen LogP) is -0.219. The van der Waals surface area contributed by atoms with Gasteiger partial charge < -0.3 is 16.0 Å². The first-order chi connectivity index (χ1) is 8.75. The lowest BCUT2D eigenvalue weighted by Gasteiger charge is -2.22. The highest BCUT2D eigenvalue weighted by atomic mass is 16.2. The fraction of sp³-hybridized carbons (Fsp3) is 0.385. The third kappa shape index (κ3) is 3.56. The van der Waals surface area contributed by atoms with Crippen molar-refractivity contribution in [3.8, 4) is 0 Å². The van der Waals surface area contributed by atoms with Crippen molar-refractivity contribution in [2.75, 3.05) is 13.1 Å². The van der Waals surface area contributed by atoms with Gasteiger partial charge in [0, 0.05) is 19.6 Å². The number of benzene rings is 1. The Bertz CT molecular complexity index is 420. The average molecular weight is 247 g/mol. The maximum absolute atomic E-state index is 11.7. The molecule has 0 aromatic heterocycles. The third-order valence-electron chi connectivity index (χ3n) is 2.85. The van der Waals surface area contributed by atoms with E-state index in [9.17, 15) is 9.59 Å². The molecule has 1 aromatic rings. The summed E-state index contributed by atoms with van der Waals surface area (Å²) in [6, 6.07) is 9.28. The van der Waals surface area contributed by atoms with Crippen molar-refractivity contribution < 1.29 is 9.59 Å². The lowest BCUT2D eigenvalue weighted by Crippen LogP contribution is -2.54. The number of carbonyl (C=O) groups is 2. The van der Waals surface area contributed by atoms with Crippen LogP contribution in [0.2, 0.25) is 0 Å². The molecule has 1 aliphatic heterocycles. The van der Waals surface area contributed by atoms with Crippen LogP contribution in [0.5, 0.6) is 0 Å². The summed E-state index contributed by atoms with van der Waals surface area (Å²) in [4.78, 5) is 23.1. The van der Waals surface area contributed by atoms with Crippen LogP contribution in [-0.2, 0) is 16.1 Å². The lowest BCUT2D eigenvalue weighted by atomic mass is 10.1. The Hall–Kier alpha value is -1.88. The van der Waals surface area contributed by atoms with E-state index in [1.807, 2.05) is 30.3 Å². The molecule has 5 nitrogen and oxygen atoms in total. The van der Waals surface area contributed by atoms with Crippen molar-refractivity contribution in [3.63, 3.8) is 0 Å². The highest BCUT2D eigenvalue weighted by Crippen LogP contribution is 1.99. The molecule has 1 saturated heterocycles. The third-order valence-corrected chi connectivity index (χ3v) is 2.85. The van der Waals surface area contributed by atoms with E-state index in [0.717, 1.165) is 5.56 Å². The van der Waals surface area contributed by atoms with Gasteiger partial charge >= 0.3 is 0 Å². The molecule has 18 heavy (non-hydrogen) atoms. The molecular weight excluding hydrogens is 230 g/mol. The van der Waals surface area contributed by atoms with Gasteiger partial charge in [0.1, 0.15) is 0 Å². The molecule has 0 saturated carbocycles. The Morgan fingerprint density at radius 2 is 2.06 bits per heavy atom. The second-order valence-electron chi connectivity index (χ2n) is 4.26. The van der Waals surface area contributed by atoms with E-state index in [2.05, 4.69) is 16.0 Å². The second-order valence-corrected chi connectivity index (χ2v) is 4.26. The number of nitrogens with one attached hydrogen (secondary N) is 3. The molecule has 0 aliphatic carbocycles. The zero-order chi connectivity index (χ0) is 12.8. The Labute approximate surface area is 106 Å². The lowest BCUT2D eigenvalue weighted by molar-refractivity contribution is -0.129. The summed E-state index contributed by atoms with van der Waals surface area (Å²) in [6.07, 6.45) is 0.179. The minimum absolute atomic E-state index is 0.101. The molecule has 1 aromatic carbocycles. The normalized spacial score (nSPS) is 19.1. The van der Waals surface area contributed by atoms with E-state index in [-0.39, 0.29) is 18.2 Å². The number of carbonyl (C=O) groups excluding carboxylic acids is 2. The van der Waals surface area contributed by atoms with Crippen molar-refractivity contribution in [1.29, 1.82) is 0 Å². The Morgan fingerprint density at radius 3 is 2.78 bits per heavy atom. The molecule has 1 atom stereocenters. The molecule has 0 radical (unpaired) electrons. The molecule has 1 heterocycles. The smallest absolute Gasteiger partial charge is 0.237 e. The quantitative estimate of drug-likeness (QED) is 0.689. The van der Waals surface area contributed by atoms with Crippen molar-refractivity contribution in [2.24, 2.45) is 0 Å². The number of amides is 2. The zero-order valence-corrected chi connectivity index (χ0v) is 10.1. The Kier molecular flexibility index (Phi) is 4.30. The summed E-state index contributed by atoms with van der Waals surface area (Å²) in [7, 11) is 0. The molecule has 0 spiro atoms. The van der Waals surface area contributed by atoms with E-state index in [1.165, 1.54) is 0 Å². The van der Waals surface area contributed by atoms with Crippen LogP contribution in [0.25, 0.3) is 0 Å². The SMILES string of the molecule is O=C(C[C@H]1NCCNC1=O)NCc1ccccc1. The summed E-state index contributed by atoms with van der Waals surface area (Å²) < 4.78 is 0. The minimum atomic E-state index is -0.408. The first-order valence-corrected chi connectivity index (χ1v) is 6.07. The Balaban J connectivity index is 1.76. The average Bonchev–Trinajstić information content (AvgIpc) is 2.40. The molecule has 1 fully saturated rings. The van der Waals surface area contributed by atoms with Crippen molar-refractivity contribution in [3.05, 3.63) is 35.9 Å². The zero-order valence-electron chi connectivity index (χ0n) is 10.1. The standard InChI is InChI=1S/C13H17N3O2/c17-12(8-11-13(18)15-7-6-14-11)16-9-10-4-2-1-3-5-10/h1-5,11,14H,6-9H2,(H,15,18)(H,16,17)/t11-/m1/s1. The largest absolute Gasteiger partial charge is 0.353 e. The second kappa shape index (κ2) is 6.16. The van der Waals surface area contributed by atoms with E-state index in [4.69, 9.17) is 0 Å². The number of hydrogen-bond acceptors (Lipinski definition) is 3. The fourth-order valence-corrected chi connectivity index (χ4v) is 1.87. The van der Waals surface area contributed by atoms with Crippen molar-refractivity contribution >= 4 is 11.8 Å².